The van der Waals surface area contributed by atoms with Gasteiger partial charge < -0.3 is 19.1 Å². The topological polar surface area (TPSA) is 116 Å². The fourth-order valence-corrected chi connectivity index (χ4v) is 4.80. The van der Waals surface area contributed by atoms with Gasteiger partial charge in [-0.3, -0.25) is 4.79 Å². The molecule has 3 rings (SSSR count). The number of rotatable bonds is 4. The minimum Gasteiger partial charge on any atom is -0.450 e. The van der Waals surface area contributed by atoms with Gasteiger partial charge in [-0.05, 0) is 13.8 Å². The molecule has 2 amide bonds. The Balaban J connectivity index is 1.53. The van der Waals surface area contributed by atoms with Crippen molar-refractivity contribution in [2.24, 2.45) is 0 Å². The number of aryl methyl sites for hydroxylation is 1. The molecule has 0 aliphatic carbocycles. The van der Waals surface area contributed by atoms with Crippen molar-refractivity contribution in [3.8, 4) is 0 Å². The van der Waals surface area contributed by atoms with E-state index >= 15 is 0 Å². The quantitative estimate of drug-likeness (QED) is 0.666. The van der Waals surface area contributed by atoms with Gasteiger partial charge in [0.2, 0.25) is 5.76 Å². The molecule has 1 aromatic rings. The first-order valence-electron chi connectivity index (χ1n) is 9.22. The van der Waals surface area contributed by atoms with Crippen LogP contribution in [0.4, 0.5) is 4.79 Å². The fourth-order valence-electron chi connectivity index (χ4n) is 3.22. The third kappa shape index (κ3) is 4.28. The van der Waals surface area contributed by atoms with E-state index in [1.54, 1.807) is 24.8 Å². The molecule has 3 heterocycles. The highest BCUT2D eigenvalue weighted by Gasteiger charge is 2.36. The normalized spacial score (nSPS) is 19.6. The van der Waals surface area contributed by atoms with Crippen LogP contribution in [-0.2, 0) is 14.9 Å². The summed E-state index contributed by atoms with van der Waals surface area (Å²) in [5, 5.41) is 3.71. The van der Waals surface area contributed by atoms with Crippen LogP contribution >= 0.6 is 0 Å². The summed E-state index contributed by atoms with van der Waals surface area (Å²) in [5.74, 6) is -0.135. The number of amides is 2. The average Bonchev–Trinajstić information content (AvgIpc) is 3.14. The lowest BCUT2D eigenvalue weighted by Crippen LogP contribution is -2.58. The molecule has 2 saturated heterocycles. The van der Waals surface area contributed by atoms with Gasteiger partial charge in [-0.2, -0.15) is 17.0 Å². The van der Waals surface area contributed by atoms with Crippen molar-refractivity contribution < 1.29 is 27.3 Å². The molecule has 1 aromatic heterocycles. The summed E-state index contributed by atoms with van der Waals surface area (Å²) in [6.45, 7) is 5.74. The van der Waals surface area contributed by atoms with Gasteiger partial charge in [-0.1, -0.05) is 5.16 Å². The third-order valence-corrected chi connectivity index (χ3v) is 6.82. The standard InChI is InChI=1S/C16H25N5O6S/c1-3-26-16(23)19-6-10-21(11-7-19)28(24,25)20-8-4-18(5-9-20)15(22)14-12-13(2)17-27-14/h12H,3-11H2,1-2H3. The molecule has 0 bridgehead atoms. The third-order valence-electron chi connectivity index (χ3n) is 4.78. The summed E-state index contributed by atoms with van der Waals surface area (Å²) in [6, 6.07) is 1.56. The minimum absolute atomic E-state index is 0.156. The Morgan fingerprint density at radius 1 is 1.04 bits per heavy atom. The van der Waals surface area contributed by atoms with Crippen LogP contribution in [0.5, 0.6) is 0 Å². The lowest BCUT2D eigenvalue weighted by molar-refractivity contribution is 0.0649. The monoisotopic (exact) mass is 415 g/mol. The van der Waals surface area contributed by atoms with Crippen molar-refractivity contribution in [3.63, 3.8) is 0 Å². The fraction of sp³-hybridized carbons (Fsp3) is 0.688. The maximum atomic E-state index is 12.9. The van der Waals surface area contributed by atoms with Crippen LogP contribution in [0.2, 0.25) is 0 Å². The molecule has 28 heavy (non-hydrogen) atoms. The molecule has 0 atom stereocenters. The number of piperazine rings is 2. The molecule has 0 spiro atoms. The van der Waals surface area contributed by atoms with Gasteiger partial charge in [0.25, 0.3) is 16.1 Å². The van der Waals surface area contributed by atoms with Crippen LogP contribution in [0.15, 0.2) is 10.6 Å². The van der Waals surface area contributed by atoms with E-state index in [0.29, 0.717) is 18.8 Å². The van der Waals surface area contributed by atoms with E-state index in [1.807, 2.05) is 0 Å². The predicted molar refractivity (Wildman–Crippen MR) is 97.8 cm³/mol. The zero-order valence-electron chi connectivity index (χ0n) is 16.0. The van der Waals surface area contributed by atoms with Crippen molar-refractivity contribution in [1.29, 1.82) is 0 Å². The highest BCUT2D eigenvalue weighted by molar-refractivity contribution is 7.86. The highest BCUT2D eigenvalue weighted by atomic mass is 32.2. The molecule has 0 radical (unpaired) electrons. The Hall–Kier alpha value is -2.18. The van der Waals surface area contributed by atoms with Gasteiger partial charge >= 0.3 is 6.09 Å². The maximum Gasteiger partial charge on any atom is 0.409 e. The van der Waals surface area contributed by atoms with Crippen molar-refractivity contribution >= 4 is 22.2 Å². The van der Waals surface area contributed by atoms with E-state index in [2.05, 4.69) is 5.16 Å². The van der Waals surface area contributed by atoms with Crippen LogP contribution in [0, 0.1) is 6.92 Å². The second-order valence-corrected chi connectivity index (χ2v) is 8.55. The first kappa shape index (κ1) is 20.6. The van der Waals surface area contributed by atoms with Crippen LogP contribution in [0.1, 0.15) is 23.2 Å². The second-order valence-electron chi connectivity index (χ2n) is 6.62. The number of carbonyl (C=O) groups is 2. The molecule has 2 fully saturated rings. The zero-order valence-corrected chi connectivity index (χ0v) is 16.9. The van der Waals surface area contributed by atoms with E-state index in [0.717, 1.165) is 0 Å². The van der Waals surface area contributed by atoms with Crippen LogP contribution in [0.3, 0.4) is 0 Å². The predicted octanol–water partition coefficient (Wildman–Crippen LogP) is -0.240. The Morgan fingerprint density at radius 3 is 2.04 bits per heavy atom. The van der Waals surface area contributed by atoms with Gasteiger partial charge in [0.15, 0.2) is 0 Å². The number of aromatic nitrogens is 1. The molecule has 0 unspecified atom stereocenters. The molecule has 156 valence electrons. The van der Waals surface area contributed by atoms with Crippen molar-refractivity contribution in [2.75, 3.05) is 59.0 Å². The molecular weight excluding hydrogens is 390 g/mol. The maximum absolute atomic E-state index is 12.9. The van der Waals surface area contributed by atoms with Crippen molar-refractivity contribution in [2.45, 2.75) is 13.8 Å². The number of nitrogens with zero attached hydrogens (tertiary/aromatic N) is 5. The van der Waals surface area contributed by atoms with Crippen molar-refractivity contribution in [1.82, 2.24) is 23.6 Å². The van der Waals surface area contributed by atoms with E-state index in [4.69, 9.17) is 9.26 Å². The van der Waals surface area contributed by atoms with E-state index in [9.17, 15) is 18.0 Å². The molecule has 0 aromatic carbocycles. The van der Waals surface area contributed by atoms with Crippen LogP contribution in [0.25, 0.3) is 0 Å². The smallest absolute Gasteiger partial charge is 0.409 e. The summed E-state index contributed by atoms with van der Waals surface area (Å²) in [7, 11) is -3.64. The Kier molecular flexibility index (Phi) is 6.20. The highest BCUT2D eigenvalue weighted by Crippen LogP contribution is 2.17. The Bertz CT molecular complexity index is 809. The van der Waals surface area contributed by atoms with Gasteiger partial charge in [0, 0.05) is 58.4 Å². The lowest BCUT2D eigenvalue weighted by atomic mass is 10.3. The summed E-state index contributed by atoms with van der Waals surface area (Å²) < 4.78 is 38.4. The first-order chi connectivity index (χ1) is 13.3. The number of carbonyl (C=O) groups excluding carboxylic acids is 2. The molecule has 2 aliphatic rings. The van der Waals surface area contributed by atoms with Gasteiger partial charge in [-0.15, -0.1) is 0 Å². The lowest BCUT2D eigenvalue weighted by Gasteiger charge is -2.39. The molecule has 12 heteroatoms. The molecular formula is C16H25N5O6S. The second kappa shape index (κ2) is 8.45. The van der Waals surface area contributed by atoms with Gasteiger partial charge in [-0.25, -0.2) is 4.79 Å². The Morgan fingerprint density at radius 2 is 1.57 bits per heavy atom. The van der Waals surface area contributed by atoms with E-state index in [1.165, 1.54) is 13.5 Å². The average molecular weight is 415 g/mol. The van der Waals surface area contributed by atoms with Crippen LogP contribution < -0.4 is 0 Å². The molecule has 11 nitrogen and oxygen atoms in total. The zero-order chi connectivity index (χ0) is 20.3. The number of hydrogen-bond acceptors (Lipinski definition) is 7. The number of ether oxygens (including phenoxy) is 1. The summed E-state index contributed by atoms with van der Waals surface area (Å²) >= 11 is 0. The summed E-state index contributed by atoms with van der Waals surface area (Å²) in [5.41, 5.74) is 0.617. The van der Waals surface area contributed by atoms with E-state index < -0.39 is 16.3 Å². The SMILES string of the molecule is CCOC(=O)N1CCN(S(=O)(=O)N2CCN(C(=O)c3cc(C)no3)CC2)CC1. The summed E-state index contributed by atoms with van der Waals surface area (Å²) in [4.78, 5) is 27.2. The first-order valence-corrected chi connectivity index (χ1v) is 10.6. The summed E-state index contributed by atoms with van der Waals surface area (Å²) in [6.07, 6.45) is -0.422. The molecule has 2 aliphatic heterocycles. The minimum atomic E-state index is -3.64. The van der Waals surface area contributed by atoms with Gasteiger partial charge in [0.05, 0.1) is 12.3 Å². The molecule has 0 N–H and O–H groups in total. The largest absolute Gasteiger partial charge is 0.450 e. The number of hydrogen-bond donors (Lipinski definition) is 0. The van der Waals surface area contributed by atoms with Crippen LogP contribution in [-0.4, -0.2) is 103 Å². The van der Waals surface area contributed by atoms with E-state index in [-0.39, 0.29) is 57.5 Å². The Labute approximate surface area is 164 Å². The van der Waals surface area contributed by atoms with Gasteiger partial charge in [0.1, 0.15) is 0 Å². The molecule has 0 saturated carbocycles. The van der Waals surface area contributed by atoms with Crippen molar-refractivity contribution in [3.05, 3.63) is 17.5 Å².